The molecule has 0 aliphatic carbocycles. The minimum absolute atomic E-state index is 0.301. The van der Waals surface area contributed by atoms with Crippen LogP contribution in [0.25, 0.3) is 11.0 Å². The van der Waals surface area contributed by atoms with Crippen LogP contribution in [0.1, 0.15) is 54.2 Å². The lowest BCUT2D eigenvalue weighted by Crippen LogP contribution is -2.43. The zero-order chi connectivity index (χ0) is 23.8. The van der Waals surface area contributed by atoms with Crippen molar-refractivity contribution in [1.82, 2.24) is 25.6 Å². The number of hydrazine groups is 1. The Bertz CT molecular complexity index is 1110. The summed E-state index contributed by atoms with van der Waals surface area (Å²) in [5.41, 5.74) is 7.67. The van der Waals surface area contributed by atoms with Crippen molar-refractivity contribution in [1.29, 1.82) is 0 Å². The van der Waals surface area contributed by atoms with E-state index >= 15 is 0 Å². The lowest BCUT2D eigenvalue weighted by Gasteiger charge is -2.09. The van der Waals surface area contributed by atoms with Crippen LogP contribution in [-0.4, -0.2) is 39.8 Å². The Morgan fingerprint density at radius 3 is 2.52 bits per heavy atom. The number of carbonyl (C=O) groups is 2. The topological polar surface area (TPSA) is 107 Å². The molecule has 0 saturated heterocycles. The van der Waals surface area contributed by atoms with Crippen LogP contribution in [0.15, 0.2) is 30.3 Å². The quantitative estimate of drug-likeness (QED) is 0.360. The van der Waals surface area contributed by atoms with Gasteiger partial charge in [-0.05, 0) is 56.2 Å². The highest BCUT2D eigenvalue weighted by Gasteiger charge is 2.16. The average Bonchev–Trinajstić information content (AvgIpc) is 3.12. The van der Waals surface area contributed by atoms with Gasteiger partial charge < -0.3 is 9.47 Å². The molecule has 2 aromatic heterocycles. The number of aryl methyl sites for hydroxylation is 3. The Morgan fingerprint density at radius 2 is 1.79 bits per heavy atom. The number of benzene rings is 1. The molecule has 9 nitrogen and oxygen atoms in total. The smallest absolute Gasteiger partial charge is 0.276 e. The van der Waals surface area contributed by atoms with Crippen molar-refractivity contribution in [3.05, 3.63) is 47.2 Å². The van der Waals surface area contributed by atoms with Gasteiger partial charge in [0.2, 0.25) is 5.88 Å². The molecule has 0 unspecified atom stereocenters. The summed E-state index contributed by atoms with van der Waals surface area (Å²) < 4.78 is 12.9. The molecule has 0 aliphatic heterocycles. The summed E-state index contributed by atoms with van der Waals surface area (Å²) in [6.07, 6.45) is 4.54. The van der Waals surface area contributed by atoms with Gasteiger partial charge in [0.25, 0.3) is 11.8 Å². The molecule has 2 N–H and O–H groups in total. The predicted octanol–water partition coefficient (Wildman–Crippen LogP) is 3.38. The van der Waals surface area contributed by atoms with Gasteiger partial charge in [-0.3, -0.25) is 20.4 Å². The monoisotopic (exact) mass is 453 g/mol. The number of nitrogens with zero attached hydrogens (tertiary/aromatic N) is 3. The van der Waals surface area contributed by atoms with E-state index in [0.717, 1.165) is 29.5 Å². The number of pyridine rings is 1. The second-order valence-corrected chi connectivity index (χ2v) is 7.93. The summed E-state index contributed by atoms with van der Waals surface area (Å²) in [4.78, 5) is 28.9. The first-order chi connectivity index (χ1) is 15.9. The minimum Gasteiger partial charge on any atom is -0.494 e. The number of hydrogen-bond acceptors (Lipinski definition) is 6. The fourth-order valence-electron chi connectivity index (χ4n) is 3.44. The van der Waals surface area contributed by atoms with Crippen LogP contribution in [0.2, 0.25) is 0 Å². The van der Waals surface area contributed by atoms with Crippen LogP contribution in [0.5, 0.6) is 11.6 Å². The van der Waals surface area contributed by atoms with Gasteiger partial charge in [-0.2, -0.15) is 0 Å². The highest BCUT2D eigenvalue weighted by molar-refractivity contribution is 5.95. The second kappa shape index (κ2) is 11.3. The van der Waals surface area contributed by atoms with Crippen molar-refractivity contribution < 1.29 is 19.1 Å². The largest absolute Gasteiger partial charge is 0.494 e. The highest BCUT2D eigenvalue weighted by atomic mass is 16.5. The molecule has 0 fully saturated rings. The average molecular weight is 454 g/mol. The van der Waals surface area contributed by atoms with Crippen molar-refractivity contribution >= 4 is 22.8 Å². The summed E-state index contributed by atoms with van der Waals surface area (Å²) in [6, 6.07) is 8.71. The van der Waals surface area contributed by atoms with E-state index in [-0.39, 0.29) is 6.61 Å². The van der Waals surface area contributed by atoms with E-state index in [0.29, 0.717) is 29.4 Å². The molecule has 2 amide bonds. The molecular weight excluding hydrogens is 422 g/mol. The molecule has 2 heterocycles. The fraction of sp³-hybridized carbons (Fsp3) is 0.417. The Balaban J connectivity index is 1.46. The molecular formula is C24H31N5O4. The van der Waals surface area contributed by atoms with E-state index in [2.05, 4.69) is 27.9 Å². The summed E-state index contributed by atoms with van der Waals surface area (Å²) in [7, 11) is 1.77. The molecule has 0 radical (unpaired) electrons. The van der Waals surface area contributed by atoms with Crippen molar-refractivity contribution in [3.63, 3.8) is 0 Å². The van der Waals surface area contributed by atoms with E-state index in [1.54, 1.807) is 36.0 Å². The standard InChI is InChI=1S/C24H31N5O4/c1-5-6-7-8-13-32-19-11-9-18(10-12-19)23(31)27-26-20(30)15-33-24-21-16(2)14-17(3)25-22(21)29(4)28-24/h9-12,14H,5-8,13,15H2,1-4H3,(H,26,30)(H,27,31). The highest BCUT2D eigenvalue weighted by Crippen LogP contribution is 2.26. The van der Waals surface area contributed by atoms with Crippen LogP contribution in [0.3, 0.4) is 0 Å². The molecule has 0 aliphatic rings. The molecule has 3 aromatic rings. The zero-order valence-corrected chi connectivity index (χ0v) is 19.6. The number of aromatic nitrogens is 3. The molecule has 9 heteroatoms. The van der Waals surface area contributed by atoms with Gasteiger partial charge in [-0.15, -0.1) is 5.10 Å². The number of fused-ring (bicyclic) bond motifs is 1. The van der Waals surface area contributed by atoms with Crippen molar-refractivity contribution in [3.8, 4) is 11.6 Å². The van der Waals surface area contributed by atoms with E-state index in [1.165, 1.54) is 12.8 Å². The zero-order valence-electron chi connectivity index (χ0n) is 19.6. The van der Waals surface area contributed by atoms with Crippen LogP contribution in [-0.2, 0) is 11.8 Å². The number of carbonyl (C=O) groups excluding carboxylic acids is 2. The summed E-state index contributed by atoms with van der Waals surface area (Å²) >= 11 is 0. The third-order valence-electron chi connectivity index (χ3n) is 5.13. The number of rotatable bonds is 10. The second-order valence-electron chi connectivity index (χ2n) is 7.93. The SMILES string of the molecule is CCCCCCOc1ccc(C(=O)NNC(=O)COc2nn(C)c3nc(C)cc(C)c23)cc1. The van der Waals surface area contributed by atoms with E-state index < -0.39 is 11.8 Å². The third-order valence-corrected chi connectivity index (χ3v) is 5.13. The first-order valence-corrected chi connectivity index (χ1v) is 11.1. The van der Waals surface area contributed by atoms with Crippen molar-refractivity contribution in [2.24, 2.45) is 7.05 Å². The van der Waals surface area contributed by atoms with E-state index in [4.69, 9.17) is 9.47 Å². The first-order valence-electron chi connectivity index (χ1n) is 11.1. The number of nitrogens with one attached hydrogen (secondary N) is 2. The van der Waals surface area contributed by atoms with Gasteiger partial charge in [-0.25, -0.2) is 9.67 Å². The molecule has 33 heavy (non-hydrogen) atoms. The predicted molar refractivity (Wildman–Crippen MR) is 125 cm³/mol. The molecule has 176 valence electrons. The van der Waals surface area contributed by atoms with E-state index in [1.807, 2.05) is 19.9 Å². The number of ether oxygens (including phenoxy) is 2. The lowest BCUT2D eigenvalue weighted by atomic mass is 10.2. The number of unbranched alkanes of at least 4 members (excludes halogenated alkanes) is 3. The van der Waals surface area contributed by atoms with Crippen LogP contribution in [0, 0.1) is 13.8 Å². The van der Waals surface area contributed by atoms with Gasteiger partial charge in [0.15, 0.2) is 12.3 Å². The number of hydrogen-bond donors (Lipinski definition) is 2. The summed E-state index contributed by atoms with van der Waals surface area (Å²) in [5.74, 6) is 0.0934. The summed E-state index contributed by atoms with van der Waals surface area (Å²) in [6.45, 7) is 6.37. The maximum atomic E-state index is 12.3. The Kier molecular flexibility index (Phi) is 8.23. The van der Waals surface area contributed by atoms with Gasteiger partial charge >= 0.3 is 0 Å². The normalized spacial score (nSPS) is 10.8. The number of amides is 2. The van der Waals surface area contributed by atoms with E-state index in [9.17, 15) is 9.59 Å². The van der Waals surface area contributed by atoms with Gasteiger partial charge in [0.1, 0.15) is 5.75 Å². The van der Waals surface area contributed by atoms with Crippen LogP contribution in [0.4, 0.5) is 0 Å². The van der Waals surface area contributed by atoms with Crippen molar-refractivity contribution in [2.75, 3.05) is 13.2 Å². The van der Waals surface area contributed by atoms with Gasteiger partial charge in [-0.1, -0.05) is 26.2 Å². The lowest BCUT2D eigenvalue weighted by molar-refractivity contribution is -0.123. The molecule has 0 saturated carbocycles. The Labute approximate surface area is 193 Å². The van der Waals surface area contributed by atoms with Crippen LogP contribution >= 0.6 is 0 Å². The van der Waals surface area contributed by atoms with Gasteiger partial charge in [0.05, 0.1) is 12.0 Å². The van der Waals surface area contributed by atoms with Crippen LogP contribution < -0.4 is 20.3 Å². The molecule has 0 atom stereocenters. The Hall–Kier alpha value is -3.62. The first kappa shape index (κ1) is 24.0. The molecule has 1 aromatic carbocycles. The van der Waals surface area contributed by atoms with Crippen molar-refractivity contribution in [2.45, 2.75) is 46.5 Å². The maximum Gasteiger partial charge on any atom is 0.276 e. The fourth-order valence-corrected chi connectivity index (χ4v) is 3.44. The molecule has 3 rings (SSSR count). The minimum atomic E-state index is -0.507. The molecule has 0 bridgehead atoms. The third kappa shape index (κ3) is 6.44. The Morgan fingerprint density at radius 1 is 1.03 bits per heavy atom. The summed E-state index contributed by atoms with van der Waals surface area (Å²) in [5, 5.41) is 5.06. The molecule has 0 spiro atoms. The van der Waals surface area contributed by atoms with Gasteiger partial charge in [0, 0.05) is 18.3 Å². The maximum absolute atomic E-state index is 12.3.